The molecule has 0 amide bonds. The van der Waals surface area contributed by atoms with Crippen LogP contribution in [0.3, 0.4) is 0 Å². The Labute approximate surface area is 179 Å². The van der Waals surface area contributed by atoms with Crippen molar-refractivity contribution in [3.8, 4) is 5.75 Å². The molecule has 1 heterocycles. The lowest BCUT2D eigenvalue weighted by Crippen LogP contribution is -2.59. The molecule has 30 heavy (non-hydrogen) atoms. The van der Waals surface area contributed by atoms with Crippen molar-refractivity contribution in [2.24, 2.45) is 11.8 Å². The minimum absolute atomic E-state index is 0.142. The summed E-state index contributed by atoms with van der Waals surface area (Å²) in [5.41, 5.74) is 3.19. The fourth-order valence-electron chi connectivity index (χ4n) is 7.01. The minimum atomic E-state index is -1.24. The van der Waals surface area contributed by atoms with Gasteiger partial charge in [0, 0.05) is 17.4 Å². The summed E-state index contributed by atoms with van der Waals surface area (Å²) >= 11 is 0. The Morgan fingerprint density at radius 2 is 1.87 bits per heavy atom. The molecule has 5 rings (SSSR count). The fourth-order valence-corrected chi connectivity index (χ4v) is 7.01. The van der Waals surface area contributed by atoms with E-state index in [-0.39, 0.29) is 11.3 Å². The molecular weight excluding hydrogens is 378 g/mol. The summed E-state index contributed by atoms with van der Waals surface area (Å²) < 4.78 is 11.5. The first-order valence-corrected chi connectivity index (χ1v) is 12.1. The van der Waals surface area contributed by atoms with Crippen LogP contribution in [0.5, 0.6) is 5.75 Å². The van der Waals surface area contributed by atoms with Gasteiger partial charge in [-0.3, -0.25) is 0 Å². The lowest BCUT2D eigenvalue weighted by molar-refractivity contribution is -0.0909. The molecule has 2 N–H and O–H groups in total. The van der Waals surface area contributed by atoms with Crippen LogP contribution in [0.1, 0.15) is 81.8 Å². The summed E-state index contributed by atoms with van der Waals surface area (Å²) in [6.45, 7) is 1.10. The van der Waals surface area contributed by atoms with E-state index >= 15 is 0 Å². The van der Waals surface area contributed by atoms with E-state index in [0.717, 1.165) is 50.3 Å². The number of carbonyl (C=O) groups is 1. The molecule has 1 aromatic rings. The standard InChI is InChI=1S/C25H35NO4/c27-24(28)30-23(17-7-3-1-2-4-8-17)29-19-11-10-18-15-22-20-9-5-6-12-25(20,13-14-26-22)21(18)16-19/h10-11,16-17,20,22-23,26H,1-9,12-15H2,(H,27,28)/t20-,22+,23?,25+/m0/s1. The van der Waals surface area contributed by atoms with Crippen molar-refractivity contribution in [3.05, 3.63) is 29.3 Å². The van der Waals surface area contributed by atoms with Gasteiger partial charge in [0.1, 0.15) is 5.75 Å². The highest BCUT2D eigenvalue weighted by molar-refractivity contribution is 5.57. The third kappa shape index (κ3) is 3.70. The molecule has 0 spiro atoms. The van der Waals surface area contributed by atoms with Crippen LogP contribution in [-0.4, -0.2) is 30.1 Å². The number of hydrogen-bond donors (Lipinski definition) is 2. The molecule has 164 valence electrons. The van der Waals surface area contributed by atoms with Gasteiger partial charge in [-0.1, -0.05) is 44.6 Å². The van der Waals surface area contributed by atoms with Gasteiger partial charge in [0.2, 0.25) is 0 Å². The Hall–Kier alpha value is -1.75. The quantitative estimate of drug-likeness (QED) is 0.393. The van der Waals surface area contributed by atoms with Crippen molar-refractivity contribution < 1.29 is 19.4 Å². The largest absolute Gasteiger partial charge is 0.508 e. The van der Waals surface area contributed by atoms with Gasteiger partial charge in [-0.15, -0.1) is 0 Å². The van der Waals surface area contributed by atoms with Gasteiger partial charge in [-0.2, -0.15) is 0 Å². The molecule has 4 aliphatic rings. The van der Waals surface area contributed by atoms with Crippen molar-refractivity contribution in [1.29, 1.82) is 0 Å². The average Bonchev–Trinajstić information content (AvgIpc) is 3.03. The van der Waals surface area contributed by atoms with Crippen LogP contribution >= 0.6 is 0 Å². The zero-order valence-corrected chi connectivity index (χ0v) is 17.9. The van der Waals surface area contributed by atoms with Crippen molar-refractivity contribution in [2.75, 3.05) is 6.54 Å². The number of fused-ring (bicyclic) bond motifs is 1. The van der Waals surface area contributed by atoms with E-state index in [2.05, 4.69) is 17.4 Å². The van der Waals surface area contributed by atoms with Crippen molar-refractivity contribution in [3.63, 3.8) is 0 Å². The average molecular weight is 414 g/mol. The number of carboxylic acid groups (broad SMARTS) is 1. The normalized spacial score (nSPS) is 32.3. The van der Waals surface area contributed by atoms with Crippen LogP contribution in [-0.2, 0) is 16.6 Å². The van der Waals surface area contributed by atoms with Gasteiger partial charge in [0.15, 0.2) is 0 Å². The first kappa shape index (κ1) is 20.2. The van der Waals surface area contributed by atoms with Gasteiger partial charge < -0.3 is 19.9 Å². The fraction of sp³-hybridized carbons (Fsp3) is 0.720. The summed E-state index contributed by atoms with van der Waals surface area (Å²) in [6.07, 6.45) is 12.2. The second-order valence-electron chi connectivity index (χ2n) is 9.96. The van der Waals surface area contributed by atoms with Crippen molar-refractivity contribution in [2.45, 2.75) is 94.8 Å². The molecule has 3 fully saturated rings. The Bertz CT molecular complexity index is 768. The smallest absolute Gasteiger partial charge is 0.454 e. The van der Waals surface area contributed by atoms with E-state index < -0.39 is 12.4 Å². The van der Waals surface area contributed by atoms with Crippen LogP contribution in [0.25, 0.3) is 0 Å². The summed E-state index contributed by atoms with van der Waals surface area (Å²) in [4.78, 5) is 11.4. The number of piperidine rings is 1. The van der Waals surface area contributed by atoms with Crippen molar-refractivity contribution in [1.82, 2.24) is 5.32 Å². The predicted molar refractivity (Wildman–Crippen MR) is 115 cm³/mol. The van der Waals surface area contributed by atoms with E-state index in [1.165, 1.54) is 56.1 Å². The third-order valence-electron chi connectivity index (χ3n) is 8.37. The van der Waals surface area contributed by atoms with E-state index in [1.54, 1.807) is 0 Å². The molecule has 0 aromatic heterocycles. The molecule has 5 heteroatoms. The van der Waals surface area contributed by atoms with Gasteiger partial charge >= 0.3 is 6.16 Å². The van der Waals surface area contributed by atoms with Crippen LogP contribution in [0.4, 0.5) is 4.79 Å². The molecule has 3 aliphatic carbocycles. The molecule has 4 atom stereocenters. The maximum Gasteiger partial charge on any atom is 0.508 e. The van der Waals surface area contributed by atoms with Gasteiger partial charge in [-0.05, 0) is 74.2 Å². The highest BCUT2D eigenvalue weighted by atomic mass is 16.8. The van der Waals surface area contributed by atoms with Gasteiger partial charge in [0.05, 0.1) is 0 Å². The zero-order valence-electron chi connectivity index (χ0n) is 17.9. The van der Waals surface area contributed by atoms with Crippen LogP contribution in [0.2, 0.25) is 0 Å². The van der Waals surface area contributed by atoms with Gasteiger partial charge in [0.25, 0.3) is 6.29 Å². The van der Waals surface area contributed by atoms with E-state index in [1.807, 2.05) is 6.07 Å². The Kier molecular flexibility index (Phi) is 5.65. The molecule has 1 unspecified atom stereocenters. The van der Waals surface area contributed by atoms with E-state index in [0.29, 0.717) is 6.04 Å². The second kappa shape index (κ2) is 8.41. The lowest BCUT2D eigenvalue weighted by atomic mass is 9.53. The number of benzene rings is 1. The summed E-state index contributed by atoms with van der Waals surface area (Å²) in [6, 6.07) is 7.10. The highest BCUT2D eigenvalue weighted by Gasteiger charge is 2.51. The monoisotopic (exact) mass is 413 g/mol. The summed E-state index contributed by atoms with van der Waals surface area (Å²) in [5, 5.41) is 13.1. The SMILES string of the molecule is O=C(O)OC(Oc1ccc2c(c1)[C@@]13CCCC[C@H]1[C@@H](C2)NCC3)C1CCCCCC1. The first-order chi connectivity index (χ1) is 14.7. The molecule has 2 saturated carbocycles. The molecule has 1 aromatic carbocycles. The molecule has 1 saturated heterocycles. The maximum atomic E-state index is 11.4. The second-order valence-corrected chi connectivity index (χ2v) is 9.96. The van der Waals surface area contributed by atoms with Crippen molar-refractivity contribution >= 4 is 6.16 Å². The maximum absolute atomic E-state index is 11.4. The summed E-state index contributed by atoms with van der Waals surface area (Å²) in [7, 11) is 0. The van der Waals surface area contributed by atoms with Crippen LogP contribution in [0.15, 0.2) is 18.2 Å². The third-order valence-corrected chi connectivity index (χ3v) is 8.37. The van der Waals surface area contributed by atoms with E-state index in [4.69, 9.17) is 9.47 Å². The molecular formula is C25H35NO4. The lowest BCUT2D eigenvalue weighted by Gasteiger charge is -2.56. The van der Waals surface area contributed by atoms with E-state index in [9.17, 15) is 9.90 Å². The molecule has 1 aliphatic heterocycles. The number of ether oxygens (including phenoxy) is 2. The number of nitrogens with one attached hydrogen (secondary N) is 1. The topological polar surface area (TPSA) is 67.8 Å². The predicted octanol–water partition coefficient (Wildman–Crippen LogP) is 5.40. The molecule has 2 bridgehead atoms. The first-order valence-electron chi connectivity index (χ1n) is 12.1. The highest BCUT2D eigenvalue weighted by Crippen LogP contribution is 2.54. The Morgan fingerprint density at radius 1 is 1.07 bits per heavy atom. The minimum Gasteiger partial charge on any atom is -0.454 e. The molecule has 0 radical (unpaired) electrons. The number of rotatable bonds is 4. The Balaban J connectivity index is 1.43. The Morgan fingerprint density at radius 3 is 2.67 bits per heavy atom. The van der Waals surface area contributed by atoms with Gasteiger partial charge in [-0.25, -0.2) is 4.79 Å². The van der Waals surface area contributed by atoms with Crippen LogP contribution < -0.4 is 10.1 Å². The zero-order chi connectivity index (χ0) is 20.6. The summed E-state index contributed by atoms with van der Waals surface area (Å²) in [5.74, 6) is 1.64. The molecule has 5 nitrogen and oxygen atoms in total. The number of hydrogen-bond acceptors (Lipinski definition) is 4. The van der Waals surface area contributed by atoms with Crippen LogP contribution in [0, 0.1) is 11.8 Å².